The van der Waals surface area contributed by atoms with E-state index in [0.717, 1.165) is 33.5 Å². The summed E-state index contributed by atoms with van der Waals surface area (Å²) in [7, 11) is 0. The van der Waals surface area contributed by atoms with E-state index >= 15 is 0 Å². The van der Waals surface area contributed by atoms with Gasteiger partial charge in [-0.3, -0.25) is 0 Å². The fraction of sp³-hybridized carbons (Fsp3) is 0.429. The molecule has 4 nitrogen and oxygen atoms in total. The summed E-state index contributed by atoms with van der Waals surface area (Å²) in [6.07, 6.45) is 9.43. The van der Waals surface area contributed by atoms with E-state index in [1.54, 1.807) is 3.57 Å². The Morgan fingerprint density at radius 2 is 1.65 bits per heavy atom. The Labute approximate surface area is 244 Å². The van der Waals surface area contributed by atoms with E-state index in [1.807, 2.05) is 18.2 Å². The summed E-state index contributed by atoms with van der Waals surface area (Å²) in [5, 5.41) is 2.59. The average Bonchev–Trinajstić information content (AvgIpc) is 3.88. The summed E-state index contributed by atoms with van der Waals surface area (Å²) in [5.74, 6) is -0.306. The van der Waals surface area contributed by atoms with Crippen LogP contribution in [0.4, 0.5) is 0 Å². The third-order valence-electron chi connectivity index (χ3n) is 9.36. The van der Waals surface area contributed by atoms with Gasteiger partial charge < -0.3 is 0 Å². The Bertz CT molecular complexity index is 1660. The zero-order valence-corrected chi connectivity index (χ0v) is 26.1. The number of fused-ring (bicyclic) bond motifs is 4. The zero-order chi connectivity index (χ0) is 27.6. The second-order valence-electron chi connectivity index (χ2n) is 12.0. The number of aromatic nitrogens is 1. The van der Waals surface area contributed by atoms with Crippen LogP contribution in [0.1, 0.15) is 98.4 Å². The Morgan fingerprint density at radius 3 is 2.38 bits per heavy atom. The molecule has 3 aromatic carbocycles. The van der Waals surface area contributed by atoms with Gasteiger partial charge in [0.05, 0.1) is 0 Å². The third kappa shape index (κ3) is 4.06. The molecule has 2 fully saturated rings. The molecule has 5 heteroatoms. The van der Waals surface area contributed by atoms with Crippen LogP contribution in [0.15, 0.2) is 54.6 Å². The number of nitrogens with zero attached hydrogens (tertiary/aromatic N) is 2. The van der Waals surface area contributed by atoms with Gasteiger partial charge in [-0.2, -0.15) is 0 Å². The molecular formula is C35H39IN2O2. The van der Waals surface area contributed by atoms with Gasteiger partial charge in [0.2, 0.25) is 0 Å². The number of carbonyl (C=O) groups is 2. The minimum absolute atomic E-state index is 0.152. The van der Waals surface area contributed by atoms with Gasteiger partial charge in [0.15, 0.2) is 0 Å². The molecule has 1 saturated carbocycles. The summed E-state index contributed by atoms with van der Waals surface area (Å²) in [5.41, 5.74) is 6.01. The number of alkyl halides is 2. The van der Waals surface area contributed by atoms with Gasteiger partial charge in [-0.05, 0) is 0 Å². The summed E-state index contributed by atoms with van der Waals surface area (Å²) in [4.78, 5) is 28.5. The van der Waals surface area contributed by atoms with Gasteiger partial charge in [-0.1, -0.05) is 6.92 Å². The zero-order valence-electron chi connectivity index (χ0n) is 23.9. The van der Waals surface area contributed by atoms with Crippen molar-refractivity contribution < 1.29 is 9.59 Å². The van der Waals surface area contributed by atoms with Crippen LogP contribution < -0.4 is 0 Å². The van der Waals surface area contributed by atoms with E-state index < -0.39 is 19.8 Å². The Hall–Kier alpha value is -2.67. The third-order valence-corrected chi connectivity index (χ3v) is 15.7. The molecule has 2 aliphatic heterocycles. The predicted molar refractivity (Wildman–Crippen MR) is 173 cm³/mol. The first-order valence-electron chi connectivity index (χ1n) is 15.2. The summed E-state index contributed by atoms with van der Waals surface area (Å²) >= 11 is -1.07. The Balaban J connectivity index is 1.43. The maximum atomic E-state index is 13.7. The molecule has 208 valence electrons. The molecule has 1 aromatic heterocycles. The van der Waals surface area contributed by atoms with Gasteiger partial charge in [0.1, 0.15) is 0 Å². The molecule has 0 bridgehead atoms. The van der Waals surface area contributed by atoms with Gasteiger partial charge in [0, 0.05) is 0 Å². The van der Waals surface area contributed by atoms with Gasteiger partial charge in [-0.15, -0.1) is 0 Å². The number of unbranched alkanes of at least 4 members (excludes halogenated alkanes) is 1. The van der Waals surface area contributed by atoms with Crippen LogP contribution in [0.25, 0.3) is 27.5 Å². The molecular weight excluding hydrogens is 607 g/mol. The van der Waals surface area contributed by atoms with Crippen LogP contribution in [0.5, 0.6) is 0 Å². The first-order valence-corrected chi connectivity index (χ1v) is 19.1. The van der Waals surface area contributed by atoms with E-state index in [9.17, 15) is 9.59 Å². The van der Waals surface area contributed by atoms with Crippen molar-refractivity contribution in [1.82, 2.24) is 9.47 Å². The number of imide groups is 1. The SMILES string of the molecule is CCCCN1C(=O)c2cccc(-n3c4ccc(I5CC5CCC)cc4c4cc(C5(CCC)CC5)ccc43)c2C1=O. The van der Waals surface area contributed by atoms with Crippen LogP contribution in [0.2, 0.25) is 0 Å². The Kier molecular flexibility index (Phi) is 6.56. The van der Waals surface area contributed by atoms with Gasteiger partial charge in [0.25, 0.3) is 0 Å². The summed E-state index contributed by atoms with van der Waals surface area (Å²) in [6.45, 7) is 7.17. The molecule has 0 N–H and O–H groups in total. The number of carbonyl (C=O) groups excluding carboxylic acids is 2. The molecule has 3 aliphatic rings. The molecule has 4 aromatic rings. The molecule has 1 aliphatic carbocycles. The number of rotatable bonds is 10. The number of halogens is 1. The van der Waals surface area contributed by atoms with E-state index in [1.165, 1.54) is 64.2 Å². The van der Waals surface area contributed by atoms with Gasteiger partial charge in [-0.25, -0.2) is 0 Å². The van der Waals surface area contributed by atoms with Crippen molar-refractivity contribution in [2.45, 2.75) is 81.5 Å². The molecule has 1 atom stereocenters. The fourth-order valence-corrected chi connectivity index (χ4v) is 13.7. The number of amides is 2. The van der Waals surface area contributed by atoms with E-state index in [2.05, 4.69) is 61.7 Å². The van der Waals surface area contributed by atoms with Crippen molar-refractivity contribution in [2.75, 3.05) is 11.0 Å². The maximum absolute atomic E-state index is 13.7. The van der Waals surface area contributed by atoms with Crippen LogP contribution in [0, 0.1) is 3.57 Å². The molecule has 1 unspecified atom stereocenters. The van der Waals surface area contributed by atoms with Crippen molar-refractivity contribution in [2.24, 2.45) is 0 Å². The van der Waals surface area contributed by atoms with E-state index in [4.69, 9.17) is 0 Å². The van der Waals surface area contributed by atoms with Crippen LogP contribution in [-0.2, 0) is 5.41 Å². The van der Waals surface area contributed by atoms with Crippen molar-refractivity contribution in [3.63, 3.8) is 0 Å². The predicted octanol–water partition coefficient (Wildman–Crippen LogP) is 8.87. The van der Waals surface area contributed by atoms with Crippen molar-refractivity contribution in [1.29, 1.82) is 0 Å². The average molecular weight is 647 g/mol. The second-order valence-corrected chi connectivity index (χ2v) is 18.2. The number of benzene rings is 3. The van der Waals surface area contributed by atoms with E-state index in [-0.39, 0.29) is 11.8 Å². The van der Waals surface area contributed by atoms with Crippen LogP contribution in [0.3, 0.4) is 0 Å². The molecule has 40 heavy (non-hydrogen) atoms. The topological polar surface area (TPSA) is 42.3 Å². The van der Waals surface area contributed by atoms with Crippen molar-refractivity contribution in [3.8, 4) is 5.69 Å². The molecule has 2 amide bonds. The minimum atomic E-state index is -1.07. The first kappa shape index (κ1) is 26.2. The quantitative estimate of drug-likeness (QED) is 0.0982. The monoisotopic (exact) mass is 646 g/mol. The normalized spacial score (nSPS) is 20.1. The van der Waals surface area contributed by atoms with E-state index in [0.29, 0.717) is 23.1 Å². The van der Waals surface area contributed by atoms with Crippen molar-refractivity contribution >= 4 is 53.4 Å². The van der Waals surface area contributed by atoms with Gasteiger partial charge >= 0.3 is 239 Å². The molecule has 0 spiro atoms. The first-order chi connectivity index (χ1) is 19.5. The molecule has 3 heterocycles. The summed E-state index contributed by atoms with van der Waals surface area (Å²) in [6, 6.07) is 20.1. The Morgan fingerprint density at radius 1 is 0.875 bits per heavy atom. The molecule has 1 saturated heterocycles. The number of hydrogen-bond acceptors (Lipinski definition) is 2. The fourth-order valence-electron chi connectivity index (χ4n) is 7.01. The standard InChI is InChI=1S/C35H39IN2O2/c1-4-7-19-37-33(39)26-10-8-11-31(32(26)34(37)40)38-29-14-12-23(35(16-6-3)17-18-35)20-27(29)28-21-24(13-15-30(28)38)36-22-25(36)9-5-2/h8,10-15,20-21,25H,4-7,9,16-19,22H2,1-3H3. The summed E-state index contributed by atoms with van der Waals surface area (Å²) < 4.78 is 6.28. The van der Waals surface area contributed by atoms with Crippen molar-refractivity contribution in [3.05, 3.63) is 74.9 Å². The van der Waals surface area contributed by atoms with Crippen LogP contribution in [-0.4, -0.2) is 36.2 Å². The molecule has 0 radical (unpaired) electrons. The number of hydrogen-bond donors (Lipinski definition) is 0. The molecule has 7 rings (SSSR count). The second kappa shape index (κ2) is 10.0. The van der Waals surface area contributed by atoms with Crippen LogP contribution >= 0.6 is 19.8 Å².